The quantitative estimate of drug-likeness (QED) is 0.809. The van der Waals surface area contributed by atoms with E-state index in [1.165, 1.54) is 0 Å². The first-order valence-corrected chi connectivity index (χ1v) is 5.24. The zero-order valence-corrected chi connectivity index (χ0v) is 9.07. The van der Waals surface area contributed by atoms with Crippen LogP contribution in [0, 0.1) is 0 Å². The first-order chi connectivity index (χ1) is 7.39. The summed E-state index contributed by atoms with van der Waals surface area (Å²) < 4.78 is 37.1. The predicted molar refractivity (Wildman–Crippen MR) is 53.4 cm³/mol. The molecule has 0 aliphatic rings. The van der Waals surface area contributed by atoms with Gasteiger partial charge in [0.15, 0.2) is 6.10 Å². The zero-order chi connectivity index (χ0) is 11.9. The van der Waals surface area contributed by atoms with Crippen LogP contribution in [0.15, 0.2) is 12.4 Å². The van der Waals surface area contributed by atoms with Crippen molar-refractivity contribution in [3.63, 3.8) is 0 Å². The van der Waals surface area contributed by atoms with Gasteiger partial charge in [-0.05, 0) is 6.07 Å². The van der Waals surface area contributed by atoms with Crippen LogP contribution in [-0.2, 0) is 0 Å². The number of hydrogen-bond acceptors (Lipinski definition) is 4. The second-order valence-electron chi connectivity index (χ2n) is 2.97. The van der Waals surface area contributed by atoms with Crippen LogP contribution >= 0.6 is 22.9 Å². The largest absolute Gasteiger partial charge is 0.419 e. The number of aliphatic hydroxyl groups is 1. The summed E-state index contributed by atoms with van der Waals surface area (Å²) in [5.74, 6) is 0. The van der Waals surface area contributed by atoms with Gasteiger partial charge < -0.3 is 5.11 Å². The lowest BCUT2D eigenvalue weighted by molar-refractivity contribution is -0.205. The Bertz CT molecular complexity index is 527. The van der Waals surface area contributed by atoms with E-state index in [1.54, 1.807) is 0 Å². The third kappa shape index (κ3) is 1.98. The fourth-order valence-electron chi connectivity index (χ4n) is 1.14. The first-order valence-electron chi connectivity index (χ1n) is 4.04. The van der Waals surface area contributed by atoms with Crippen LogP contribution in [0.4, 0.5) is 13.2 Å². The topological polar surface area (TPSA) is 46.0 Å². The minimum Gasteiger partial charge on any atom is -0.379 e. The highest BCUT2D eigenvalue weighted by Crippen LogP contribution is 2.39. The van der Waals surface area contributed by atoms with E-state index in [1.807, 2.05) is 0 Å². The average Bonchev–Trinajstić information content (AvgIpc) is 2.60. The summed E-state index contributed by atoms with van der Waals surface area (Å²) in [4.78, 5) is 7.16. The van der Waals surface area contributed by atoms with Crippen molar-refractivity contribution in [2.45, 2.75) is 12.3 Å². The molecule has 1 atom stereocenters. The molecule has 86 valence electrons. The molecule has 1 unspecified atom stereocenters. The molecule has 0 saturated carbocycles. The summed E-state index contributed by atoms with van der Waals surface area (Å²) >= 11 is 6.42. The lowest BCUT2D eigenvalue weighted by Gasteiger charge is -2.11. The number of hydrogen-bond donors (Lipinski definition) is 1. The molecule has 16 heavy (non-hydrogen) atoms. The van der Waals surface area contributed by atoms with Gasteiger partial charge in [-0.15, -0.1) is 11.3 Å². The minimum absolute atomic E-state index is 0.0793. The van der Waals surface area contributed by atoms with Crippen molar-refractivity contribution >= 4 is 33.2 Å². The Morgan fingerprint density at radius 1 is 1.38 bits per heavy atom. The molecule has 1 N–H and O–H groups in total. The maximum Gasteiger partial charge on any atom is 0.419 e. The van der Waals surface area contributed by atoms with E-state index in [0.717, 1.165) is 23.7 Å². The molecule has 0 aliphatic carbocycles. The standard InChI is InChI=1S/C8H4ClF3N2OS/c9-7-5-3(13-2-14-7)1-4(16-5)6(15)8(10,11)12/h1-2,6,15H. The van der Waals surface area contributed by atoms with Crippen molar-refractivity contribution in [3.05, 3.63) is 22.4 Å². The Labute approximate surface area is 96.5 Å². The Balaban J connectivity index is 2.52. The maximum absolute atomic E-state index is 12.3. The van der Waals surface area contributed by atoms with Crippen LogP contribution in [-0.4, -0.2) is 21.3 Å². The zero-order valence-electron chi connectivity index (χ0n) is 7.49. The van der Waals surface area contributed by atoms with Crippen LogP contribution in [0.1, 0.15) is 11.0 Å². The fourth-order valence-corrected chi connectivity index (χ4v) is 2.40. The first kappa shape index (κ1) is 11.6. The molecule has 0 aromatic carbocycles. The summed E-state index contributed by atoms with van der Waals surface area (Å²) in [6.07, 6.45) is -6.05. The third-order valence-electron chi connectivity index (χ3n) is 1.87. The van der Waals surface area contributed by atoms with Crippen LogP contribution < -0.4 is 0 Å². The van der Waals surface area contributed by atoms with Crippen LogP contribution in [0.5, 0.6) is 0 Å². The molecule has 2 aromatic rings. The van der Waals surface area contributed by atoms with Crippen LogP contribution in [0.2, 0.25) is 5.15 Å². The normalized spacial score (nSPS) is 14.3. The van der Waals surface area contributed by atoms with Gasteiger partial charge in [-0.1, -0.05) is 11.6 Å². The van der Waals surface area contributed by atoms with Gasteiger partial charge >= 0.3 is 6.18 Å². The van der Waals surface area contributed by atoms with Gasteiger partial charge in [-0.3, -0.25) is 0 Å². The molecule has 3 nitrogen and oxygen atoms in total. The van der Waals surface area contributed by atoms with Crippen LogP contribution in [0.25, 0.3) is 10.2 Å². The van der Waals surface area contributed by atoms with E-state index in [2.05, 4.69) is 9.97 Å². The van der Waals surface area contributed by atoms with Crippen molar-refractivity contribution in [3.8, 4) is 0 Å². The molecule has 2 aromatic heterocycles. The number of thiophene rings is 1. The number of rotatable bonds is 1. The Morgan fingerprint density at radius 3 is 2.62 bits per heavy atom. The van der Waals surface area contributed by atoms with Crippen molar-refractivity contribution in [1.29, 1.82) is 0 Å². The smallest absolute Gasteiger partial charge is 0.379 e. The Hall–Kier alpha value is -0.920. The minimum atomic E-state index is -4.69. The molecule has 0 spiro atoms. The van der Waals surface area contributed by atoms with Gasteiger partial charge in [0.2, 0.25) is 0 Å². The van der Waals surface area contributed by atoms with Gasteiger partial charge in [-0.25, -0.2) is 9.97 Å². The summed E-state index contributed by atoms with van der Waals surface area (Å²) in [5.41, 5.74) is 0.295. The van der Waals surface area contributed by atoms with E-state index in [4.69, 9.17) is 16.7 Å². The Kier molecular flexibility index (Phi) is 2.77. The molecule has 8 heteroatoms. The van der Waals surface area contributed by atoms with E-state index >= 15 is 0 Å². The molecule has 0 radical (unpaired) electrons. The van der Waals surface area contributed by atoms with Crippen molar-refractivity contribution in [1.82, 2.24) is 9.97 Å². The molecule has 0 aliphatic heterocycles. The Morgan fingerprint density at radius 2 is 2.06 bits per heavy atom. The molecular formula is C8H4ClF3N2OS. The third-order valence-corrected chi connectivity index (χ3v) is 3.45. The number of aromatic nitrogens is 2. The molecule has 0 fully saturated rings. The van der Waals surface area contributed by atoms with E-state index in [9.17, 15) is 13.2 Å². The molecule has 0 bridgehead atoms. The molecular weight excluding hydrogens is 265 g/mol. The summed E-state index contributed by atoms with van der Waals surface area (Å²) in [5, 5.41) is 9.12. The van der Waals surface area contributed by atoms with E-state index in [0.29, 0.717) is 10.2 Å². The maximum atomic E-state index is 12.3. The average molecular weight is 269 g/mol. The van der Waals surface area contributed by atoms with E-state index < -0.39 is 12.3 Å². The molecule has 0 amide bonds. The highest BCUT2D eigenvalue weighted by atomic mass is 35.5. The molecule has 0 saturated heterocycles. The van der Waals surface area contributed by atoms with E-state index in [-0.39, 0.29) is 10.0 Å². The van der Waals surface area contributed by atoms with Crippen molar-refractivity contribution < 1.29 is 18.3 Å². The lowest BCUT2D eigenvalue weighted by Crippen LogP contribution is -2.18. The second-order valence-corrected chi connectivity index (χ2v) is 4.41. The monoisotopic (exact) mass is 268 g/mol. The highest BCUT2D eigenvalue weighted by Gasteiger charge is 2.40. The summed E-state index contributed by atoms with van der Waals surface area (Å²) in [7, 11) is 0. The summed E-state index contributed by atoms with van der Waals surface area (Å²) in [6, 6.07) is 1.16. The molecule has 2 rings (SSSR count). The van der Waals surface area contributed by atoms with Crippen molar-refractivity contribution in [2.75, 3.05) is 0 Å². The van der Waals surface area contributed by atoms with Crippen molar-refractivity contribution in [2.24, 2.45) is 0 Å². The number of halogens is 4. The number of nitrogens with zero attached hydrogens (tertiary/aromatic N) is 2. The van der Waals surface area contributed by atoms with Gasteiger partial charge in [0.05, 0.1) is 10.2 Å². The van der Waals surface area contributed by atoms with Gasteiger partial charge in [0.1, 0.15) is 11.5 Å². The highest BCUT2D eigenvalue weighted by molar-refractivity contribution is 7.19. The molecule has 2 heterocycles. The van der Waals surface area contributed by atoms with Gasteiger partial charge in [0.25, 0.3) is 0 Å². The van der Waals surface area contributed by atoms with Crippen LogP contribution in [0.3, 0.4) is 0 Å². The van der Waals surface area contributed by atoms with Gasteiger partial charge in [-0.2, -0.15) is 13.2 Å². The number of aliphatic hydroxyl groups excluding tert-OH is 1. The van der Waals surface area contributed by atoms with Gasteiger partial charge in [0, 0.05) is 4.88 Å². The fraction of sp³-hybridized carbons (Fsp3) is 0.250. The predicted octanol–water partition coefficient (Wildman–Crippen LogP) is 2.94. The number of fused-ring (bicyclic) bond motifs is 1. The second kappa shape index (κ2) is 3.83. The number of alkyl halides is 3. The summed E-state index contributed by atoms with van der Waals surface area (Å²) in [6.45, 7) is 0. The SMILES string of the molecule is OC(c1cc2ncnc(Cl)c2s1)C(F)(F)F. The lowest BCUT2D eigenvalue weighted by atomic mass is 10.3.